The van der Waals surface area contributed by atoms with E-state index in [1.165, 1.54) is 11.1 Å². The molecule has 2 nitrogen and oxygen atoms in total. The van der Waals surface area contributed by atoms with E-state index in [2.05, 4.69) is 70.0 Å². The molecule has 0 aliphatic heterocycles. The van der Waals surface area contributed by atoms with E-state index < -0.39 is 6.67 Å². The lowest BCUT2D eigenvalue weighted by Gasteiger charge is -2.32. The van der Waals surface area contributed by atoms with Crippen molar-refractivity contribution in [2.24, 2.45) is 5.73 Å². The van der Waals surface area contributed by atoms with Crippen molar-refractivity contribution in [1.29, 1.82) is 0 Å². The first-order valence-corrected chi connectivity index (χ1v) is 11.2. The molecule has 0 radical (unpaired) electrons. The van der Waals surface area contributed by atoms with Gasteiger partial charge in [-0.3, -0.25) is 0 Å². The summed E-state index contributed by atoms with van der Waals surface area (Å²) in [5.74, 6) is 0. The van der Waals surface area contributed by atoms with Crippen LogP contribution in [0.4, 0.5) is 4.39 Å². The molecule has 0 heterocycles. The summed E-state index contributed by atoms with van der Waals surface area (Å²) in [4.78, 5) is 0. The maximum Gasteiger partial charge on any atom is 0.108 e. The van der Waals surface area contributed by atoms with Gasteiger partial charge in [-0.1, -0.05) is 44.1 Å². The molecule has 0 amide bonds. The van der Waals surface area contributed by atoms with Gasteiger partial charge in [0, 0.05) is 17.3 Å². The van der Waals surface area contributed by atoms with Gasteiger partial charge < -0.3 is 11.1 Å². The van der Waals surface area contributed by atoms with E-state index in [1.807, 2.05) is 19.1 Å². The monoisotopic (exact) mass is 412 g/mol. The van der Waals surface area contributed by atoms with Crippen molar-refractivity contribution in [2.75, 3.05) is 6.67 Å². The van der Waals surface area contributed by atoms with Crippen LogP contribution in [0.1, 0.15) is 73.6 Å². The Morgan fingerprint density at radius 1 is 1.27 bits per heavy atom. The largest absolute Gasteiger partial charge is 0.380 e. The highest BCUT2D eigenvalue weighted by Crippen LogP contribution is 2.23. The molecule has 1 aliphatic rings. The number of halogens is 1. The van der Waals surface area contributed by atoms with Crippen LogP contribution in [-0.2, 0) is 0 Å². The summed E-state index contributed by atoms with van der Waals surface area (Å²) in [5.41, 5.74) is 15.1. The first-order valence-electron chi connectivity index (χ1n) is 11.2. The lowest BCUT2D eigenvalue weighted by atomic mass is 9.90. The molecule has 1 aliphatic carbocycles. The highest BCUT2D eigenvalue weighted by molar-refractivity contribution is 5.38. The summed E-state index contributed by atoms with van der Waals surface area (Å²) < 4.78 is 12.7. The van der Waals surface area contributed by atoms with Gasteiger partial charge in [-0.15, -0.1) is 5.73 Å². The van der Waals surface area contributed by atoms with Gasteiger partial charge in [0.05, 0.1) is 0 Å². The lowest BCUT2D eigenvalue weighted by Crippen LogP contribution is -2.41. The highest BCUT2D eigenvalue weighted by Gasteiger charge is 2.22. The zero-order valence-electron chi connectivity index (χ0n) is 19.8. The average molecular weight is 413 g/mol. The van der Waals surface area contributed by atoms with Crippen LogP contribution in [-0.4, -0.2) is 18.3 Å². The third kappa shape index (κ3) is 8.73. The van der Waals surface area contributed by atoms with E-state index in [1.54, 1.807) is 6.08 Å². The van der Waals surface area contributed by atoms with Gasteiger partial charge >= 0.3 is 0 Å². The number of hydrogen-bond donors (Lipinski definition) is 2. The molecule has 3 heteroatoms. The molecule has 166 valence electrons. The normalized spacial score (nSPS) is 17.3. The fourth-order valence-electron chi connectivity index (χ4n) is 3.74. The van der Waals surface area contributed by atoms with Crippen molar-refractivity contribution >= 4 is 0 Å². The number of alkyl halides is 1. The smallest absolute Gasteiger partial charge is 0.108 e. The van der Waals surface area contributed by atoms with Crippen LogP contribution < -0.4 is 11.1 Å². The van der Waals surface area contributed by atoms with Crippen LogP contribution in [0.25, 0.3) is 0 Å². The minimum atomic E-state index is -0.416. The van der Waals surface area contributed by atoms with Gasteiger partial charge in [-0.2, -0.15) is 0 Å². The third-order valence-electron chi connectivity index (χ3n) is 5.57. The fourth-order valence-corrected chi connectivity index (χ4v) is 3.74. The van der Waals surface area contributed by atoms with E-state index in [-0.39, 0.29) is 11.6 Å². The molecule has 0 aromatic heterocycles. The van der Waals surface area contributed by atoms with Crippen LogP contribution >= 0.6 is 0 Å². The zero-order chi connectivity index (χ0) is 22.6. The number of allylic oxidation sites excluding steroid dienone is 7. The molecule has 0 aromatic rings. The maximum absolute atomic E-state index is 12.7. The van der Waals surface area contributed by atoms with Crippen molar-refractivity contribution in [3.63, 3.8) is 0 Å². The van der Waals surface area contributed by atoms with Crippen molar-refractivity contribution in [1.82, 2.24) is 5.32 Å². The van der Waals surface area contributed by atoms with Crippen LogP contribution in [0, 0.1) is 0 Å². The van der Waals surface area contributed by atoms with Crippen LogP contribution in [0.15, 0.2) is 76.3 Å². The van der Waals surface area contributed by atoms with Gasteiger partial charge in [-0.25, -0.2) is 4.39 Å². The summed E-state index contributed by atoms with van der Waals surface area (Å²) in [6.45, 7) is 12.3. The second-order valence-electron chi connectivity index (χ2n) is 8.59. The lowest BCUT2D eigenvalue weighted by molar-refractivity contribution is 0.364. The van der Waals surface area contributed by atoms with E-state index in [0.717, 1.165) is 48.9 Å². The summed E-state index contributed by atoms with van der Waals surface area (Å²) in [6, 6.07) is 0.0228. The first-order chi connectivity index (χ1) is 14.3. The Kier molecular flexibility index (Phi) is 11.5. The third-order valence-corrected chi connectivity index (χ3v) is 5.57. The van der Waals surface area contributed by atoms with Crippen molar-refractivity contribution in [3.8, 4) is 0 Å². The first kappa shape index (κ1) is 25.9. The zero-order valence-corrected chi connectivity index (χ0v) is 19.8. The number of rotatable bonds is 12. The fraction of sp³-hybridized carbons (Fsp3) is 0.519. The van der Waals surface area contributed by atoms with Crippen LogP contribution in [0.5, 0.6) is 0 Å². The second-order valence-corrected chi connectivity index (χ2v) is 8.59. The second kappa shape index (κ2) is 13.3. The Morgan fingerprint density at radius 3 is 2.60 bits per heavy atom. The molecular weight excluding hydrogens is 371 g/mol. The molecule has 0 aromatic carbocycles. The predicted molar refractivity (Wildman–Crippen MR) is 130 cm³/mol. The molecule has 0 bridgehead atoms. The van der Waals surface area contributed by atoms with Gasteiger partial charge in [0.2, 0.25) is 0 Å². The number of nitrogens with two attached hydrogens (primary N) is 1. The minimum Gasteiger partial charge on any atom is -0.380 e. The highest BCUT2D eigenvalue weighted by atomic mass is 19.1. The molecule has 2 atom stereocenters. The minimum absolute atomic E-state index is 0.0228. The van der Waals surface area contributed by atoms with Gasteiger partial charge in [0.15, 0.2) is 0 Å². The molecule has 0 spiro atoms. The summed E-state index contributed by atoms with van der Waals surface area (Å²) >= 11 is 0. The SMILES string of the molecule is CCCC(C)(C/C=C\CC(=C(C)C)/C(C)=C\CF)NC1=CC=C=CC(C(N)CC)=C1. The Bertz CT molecular complexity index is 769. The standard InChI is InChI=1S/C27H41FN2/c1-7-17-27(6,18-12-11-15-25(21(3)4)22(5)16-19-28)30-24-14-10-9-13-23(20-24)26(29)8-2/h10-14,16,20,26,30H,7-8,15,17-19,29H2,1-6H3/b12-11-,22-16-. The van der Waals surface area contributed by atoms with Gasteiger partial charge in [0.1, 0.15) is 6.67 Å². The van der Waals surface area contributed by atoms with E-state index in [9.17, 15) is 4.39 Å². The summed E-state index contributed by atoms with van der Waals surface area (Å²) in [5, 5.41) is 3.75. The Morgan fingerprint density at radius 2 is 2.00 bits per heavy atom. The predicted octanol–water partition coefficient (Wildman–Crippen LogP) is 7.00. The molecule has 0 saturated carbocycles. The van der Waals surface area contributed by atoms with Crippen LogP contribution in [0.3, 0.4) is 0 Å². The molecular formula is C27H41FN2. The van der Waals surface area contributed by atoms with Gasteiger partial charge in [0.25, 0.3) is 0 Å². The quantitative estimate of drug-likeness (QED) is 0.206. The summed E-state index contributed by atoms with van der Waals surface area (Å²) in [6.07, 6.45) is 19.1. The Hall–Kier alpha value is -2.09. The van der Waals surface area contributed by atoms with Crippen molar-refractivity contribution in [3.05, 3.63) is 76.3 Å². The van der Waals surface area contributed by atoms with Gasteiger partial charge in [-0.05, 0) is 94.4 Å². The molecule has 1 rings (SSSR count). The van der Waals surface area contributed by atoms with Crippen molar-refractivity contribution < 1.29 is 4.39 Å². The molecule has 3 N–H and O–H groups in total. The van der Waals surface area contributed by atoms with Crippen LogP contribution in [0.2, 0.25) is 0 Å². The van der Waals surface area contributed by atoms with E-state index >= 15 is 0 Å². The molecule has 30 heavy (non-hydrogen) atoms. The average Bonchev–Trinajstić information content (AvgIpc) is 2.92. The number of hydrogen-bond acceptors (Lipinski definition) is 2. The Labute approximate surface area is 183 Å². The summed E-state index contributed by atoms with van der Waals surface area (Å²) in [7, 11) is 0. The Balaban J connectivity index is 2.91. The maximum atomic E-state index is 12.7. The van der Waals surface area contributed by atoms with Crippen molar-refractivity contribution in [2.45, 2.75) is 85.2 Å². The molecule has 0 fully saturated rings. The van der Waals surface area contributed by atoms with E-state index in [0.29, 0.717) is 0 Å². The van der Waals surface area contributed by atoms with E-state index in [4.69, 9.17) is 5.73 Å². The molecule has 0 saturated heterocycles. The molecule has 2 unspecified atom stereocenters. The number of nitrogens with one attached hydrogen (secondary N) is 1. The topological polar surface area (TPSA) is 38.0 Å².